The number of nitrogens with zero attached hydrogens (tertiary/aromatic N) is 1. The number of nitrogens with one attached hydrogen (secondary N) is 1. The van der Waals surface area contributed by atoms with Gasteiger partial charge in [-0.05, 0) is 40.9 Å². The van der Waals surface area contributed by atoms with Crippen LogP contribution in [0.1, 0.15) is 29.6 Å². The van der Waals surface area contributed by atoms with E-state index in [1.807, 2.05) is 6.07 Å². The number of carbonyl (C=O) groups is 1. The molecule has 0 radical (unpaired) electrons. The molecule has 1 rings (SSSR count). The van der Waals surface area contributed by atoms with E-state index in [4.69, 9.17) is 5.26 Å². The molecule has 0 saturated carbocycles. The molecule has 0 aliphatic heterocycles. The van der Waals surface area contributed by atoms with Crippen LogP contribution in [0, 0.1) is 17.1 Å². The maximum atomic E-state index is 13.4. The zero-order valence-electron chi connectivity index (χ0n) is 9.17. The minimum atomic E-state index is -0.547. The summed E-state index contributed by atoms with van der Waals surface area (Å²) in [5.74, 6) is -0.985. The molecule has 0 aliphatic rings. The Balaban J connectivity index is 2.51. The Bertz CT molecular complexity index is 422. The second-order valence-electron chi connectivity index (χ2n) is 3.47. The molecule has 90 valence electrons. The zero-order chi connectivity index (χ0) is 12.7. The van der Waals surface area contributed by atoms with Crippen molar-refractivity contribution in [1.29, 1.82) is 5.26 Å². The van der Waals surface area contributed by atoms with Gasteiger partial charge in [0.2, 0.25) is 0 Å². The lowest BCUT2D eigenvalue weighted by Gasteiger charge is -2.07. The molecular weight excluding hydrogens is 287 g/mol. The molecule has 0 heterocycles. The summed E-state index contributed by atoms with van der Waals surface area (Å²) >= 11 is 3.14. The molecule has 0 aliphatic carbocycles. The predicted molar refractivity (Wildman–Crippen MR) is 65.9 cm³/mol. The van der Waals surface area contributed by atoms with Gasteiger partial charge in [0, 0.05) is 17.4 Å². The van der Waals surface area contributed by atoms with E-state index in [1.54, 1.807) is 6.07 Å². The maximum Gasteiger partial charge on any atom is 0.255 e. The van der Waals surface area contributed by atoms with E-state index in [0.717, 1.165) is 6.42 Å². The van der Waals surface area contributed by atoms with Gasteiger partial charge in [0.1, 0.15) is 5.82 Å². The molecule has 5 heteroatoms. The maximum absolute atomic E-state index is 13.4. The number of halogens is 2. The summed E-state index contributed by atoms with van der Waals surface area (Å²) in [5, 5.41) is 11.0. The van der Waals surface area contributed by atoms with Crippen LogP contribution in [-0.4, -0.2) is 12.5 Å². The number of nitriles is 1. The van der Waals surface area contributed by atoms with Gasteiger partial charge in [-0.1, -0.05) is 6.07 Å². The fraction of sp³-hybridized carbons (Fsp3) is 0.333. The monoisotopic (exact) mass is 298 g/mol. The molecule has 0 spiro atoms. The lowest BCUT2D eigenvalue weighted by atomic mass is 10.2. The lowest BCUT2D eigenvalue weighted by Crippen LogP contribution is -2.25. The van der Waals surface area contributed by atoms with Crippen LogP contribution in [-0.2, 0) is 0 Å². The van der Waals surface area contributed by atoms with Crippen molar-refractivity contribution in [1.82, 2.24) is 5.32 Å². The summed E-state index contributed by atoms with van der Waals surface area (Å²) in [6, 6.07) is 6.42. The molecule has 0 aromatic heterocycles. The van der Waals surface area contributed by atoms with Gasteiger partial charge in [0.05, 0.1) is 11.6 Å². The van der Waals surface area contributed by atoms with E-state index >= 15 is 0 Å². The predicted octanol–water partition coefficient (Wildman–Crippen LogP) is 3.01. The first kappa shape index (κ1) is 13.7. The molecule has 0 fully saturated rings. The van der Waals surface area contributed by atoms with Gasteiger partial charge in [0.25, 0.3) is 5.91 Å². The zero-order valence-corrected chi connectivity index (χ0v) is 10.8. The molecule has 17 heavy (non-hydrogen) atoms. The quantitative estimate of drug-likeness (QED) is 0.850. The second-order valence-corrected chi connectivity index (χ2v) is 4.32. The molecule has 0 bridgehead atoms. The molecule has 1 N–H and O–H groups in total. The Morgan fingerprint density at radius 3 is 2.88 bits per heavy atom. The Morgan fingerprint density at radius 2 is 2.24 bits per heavy atom. The van der Waals surface area contributed by atoms with Crippen LogP contribution in [0.4, 0.5) is 4.39 Å². The highest BCUT2D eigenvalue weighted by Gasteiger charge is 2.14. The average Bonchev–Trinajstić information content (AvgIpc) is 2.28. The molecule has 0 saturated heterocycles. The summed E-state index contributed by atoms with van der Waals surface area (Å²) in [5.41, 5.74) is 0.0211. The summed E-state index contributed by atoms with van der Waals surface area (Å²) in [4.78, 5) is 11.7. The largest absolute Gasteiger partial charge is 0.352 e. The topological polar surface area (TPSA) is 52.9 Å². The van der Waals surface area contributed by atoms with E-state index in [-0.39, 0.29) is 5.56 Å². The van der Waals surface area contributed by atoms with E-state index in [0.29, 0.717) is 23.9 Å². The van der Waals surface area contributed by atoms with Crippen LogP contribution in [0.5, 0.6) is 0 Å². The number of benzene rings is 1. The summed E-state index contributed by atoms with van der Waals surface area (Å²) < 4.78 is 13.8. The van der Waals surface area contributed by atoms with Crippen LogP contribution in [0.25, 0.3) is 0 Å². The minimum Gasteiger partial charge on any atom is -0.352 e. The number of hydrogen-bond donors (Lipinski definition) is 1. The van der Waals surface area contributed by atoms with Gasteiger partial charge in [-0.25, -0.2) is 4.39 Å². The van der Waals surface area contributed by atoms with Crippen molar-refractivity contribution in [2.45, 2.75) is 19.3 Å². The third-order valence-corrected chi connectivity index (χ3v) is 2.85. The first-order chi connectivity index (χ1) is 8.16. The van der Waals surface area contributed by atoms with Gasteiger partial charge in [-0.15, -0.1) is 0 Å². The Kier molecular flexibility index (Phi) is 5.64. The Morgan fingerprint density at radius 1 is 1.47 bits per heavy atom. The minimum absolute atomic E-state index is 0.0211. The highest BCUT2D eigenvalue weighted by Crippen LogP contribution is 2.19. The number of unbranched alkanes of at least 4 members (excludes halogenated alkanes) is 2. The van der Waals surface area contributed by atoms with E-state index in [2.05, 4.69) is 21.2 Å². The number of carbonyl (C=O) groups excluding carboxylic acids is 1. The first-order valence-electron chi connectivity index (χ1n) is 5.26. The lowest BCUT2D eigenvalue weighted by molar-refractivity contribution is 0.0948. The van der Waals surface area contributed by atoms with Gasteiger partial charge in [0.15, 0.2) is 0 Å². The van der Waals surface area contributed by atoms with Crippen molar-refractivity contribution >= 4 is 21.8 Å². The highest BCUT2D eigenvalue weighted by atomic mass is 79.9. The molecule has 1 aromatic rings. The fourth-order valence-electron chi connectivity index (χ4n) is 1.33. The third kappa shape index (κ3) is 4.16. The van der Waals surface area contributed by atoms with Crippen molar-refractivity contribution in [2.24, 2.45) is 0 Å². The molecule has 0 unspecified atom stereocenters. The molecule has 3 nitrogen and oxygen atoms in total. The Hall–Kier alpha value is -1.41. The van der Waals surface area contributed by atoms with Crippen molar-refractivity contribution in [3.63, 3.8) is 0 Å². The van der Waals surface area contributed by atoms with Crippen molar-refractivity contribution in [2.75, 3.05) is 6.54 Å². The van der Waals surface area contributed by atoms with Crippen LogP contribution >= 0.6 is 15.9 Å². The third-order valence-electron chi connectivity index (χ3n) is 2.19. The summed E-state index contributed by atoms with van der Waals surface area (Å²) in [6.45, 7) is 0.446. The molecular formula is C12H12BrFN2O. The summed E-state index contributed by atoms with van der Waals surface area (Å²) in [6.07, 6.45) is 1.92. The molecule has 1 amide bonds. The van der Waals surface area contributed by atoms with Crippen molar-refractivity contribution < 1.29 is 9.18 Å². The SMILES string of the molecule is N#CCCCCNC(=O)c1c(F)cccc1Br. The van der Waals surface area contributed by atoms with Crippen LogP contribution < -0.4 is 5.32 Å². The molecule has 1 aromatic carbocycles. The van der Waals surface area contributed by atoms with E-state index in [1.165, 1.54) is 12.1 Å². The van der Waals surface area contributed by atoms with Gasteiger partial charge < -0.3 is 5.32 Å². The number of rotatable bonds is 5. The van der Waals surface area contributed by atoms with Crippen molar-refractivity contribution in [3.8, 4) is 6.07 Å². The smallest absolute Gasteiger partial charge is 0.255 e. The van der Waals surface area contributed by atoms with Crippen molar-refractivity contribution in [3.05, 3.63) is 34.1 Å². The van der Waals surface area contributed by atoms with Gasteiger partial charge in [-0.3, -0.25) is 4.79 Å². The standard InChI is InChI=1S/C12H12BrFN2O/c13-9-5-4-6-10(14)11(9)12(17)16-8-3-1-2-7-15/h4-6H,1-3,8H2,(H,16,17). The van der Waals surface area contributed by atoms with Crippen LogP contribution in [0.2, 0.25) is 0 Å². The summed E-state index contributed by atoms with van der Waals surface area (Å²) in [7, 11) is 0. The van der Waals surface area contributed by atoms with Crippen LogP contribution in [0.15, 0.2) is 22.7 Å². The van der Waals surface area contributed by atoms with Crippen LogP contribution in [0.3, 0.4) is 0 Å². The molecule has 0 atom stereocenters. The van der Waals surface area contributed by atoms with Gasteiger partial charge in [-0.2, -0.15) is 5.26 Å². The number of hydrogen-bond acceptors (Lipinski definition) is 2. The number of amides is 1. The normalized spacial score (nSPS) is 9.71. The fourth-order valence-corrected chi connectivity index (χ4v) is 1.86. The highest BCUT2D eigenvalue weighted by molar-refractivity contribution is 9.10. The average molecular weight is 299 g/mol. The Labute approximate surface area is 108 Å². The first-order valence-corrected chi connectivity index (χ1v) is 6.05. The van der Waals surface area contributed by atoms with Gasteiger partial charge >= 0.3 is 0 Å². The second kappa shape index (κ2) is 7.02. The van der Waals surface area contributed by atoms with E-state index in [9.17, 15) is 9.18 Å². The van der Waals surface area contributed by atoms with E-state index < -0.39 is 11.7 Å².